The van der Waals surface area contributed by atoms with Crippen LogP contribution in [0.15, 0.2) is 69.2 Å². The molecule has 0 aliphatic carbocycles. The average molecular weight is 495 g/mol. The van der Waals surface area contributed by atoms with Gasteiger partial charge in [-0.15, -0.1) is 16.8 Å². The maximum atomic E-state index is 6.28. The number of halogens is 3. The number of benzene rings is 2. The van der Waals surface area contributed by atoms with Gasteiger partial charge in [0, 0.05) is 32.2 Å². The number of fused-ring (bicyclic) bond motifs is 1. The van der Waals surface area contributed by atoms with E-state index in [1.54, 1.807) is 17.8 Å². The fraction of sp³-hybridized carbons (Fsp3) is 0.100. The molecule has 0 radical (unpaired) electrons. The Morgan fingerprint density at radius 3 is 2.79 bits per heavy atom. The molecule has 8 heteroatoms. The van der Waals surface area contributed by atoms with E-state index in [4.69, 9.17) is 27.6 Å². The Morgan fingerprint density at radius 2 is 2.00 bits per heavy atom. The summed E-state index contributed by atoms with van der Waals surface area (Å²) in [5.41, 5.74) is 1.79. The predicted octanol–water partition coefficient (Wildman–Crippen LogP) is 7.24. The molecule has 0 saturated heterocycles. The Bertz CT molecular complexity index is 1170. The van der Waals surface area contributed by atoms with Crippen LogP contribution in [0, 0.1) is 0 Å². The van der Waals surface area contributed by atoms with Gasteiger partial charge in [0.05, 0.1) is 0 Å². The normalized spacial score (nSPS) is 11.2. The Morgan fingerprint density at radius 1 is 1.14 bits per heavy atom. The largest absolute Gasteiger partial charge is 0.453 e. The molecule has 0 aliphatic heterocycles. The van der Waals surface area contributed by atoms with Gasteiger partial charge in [-0.05, 0) is 42.0 Å². The van der Waals surface area contributed by atoms with Gasteiger partial charge in [0.25, 0.3) is 0 Å². The van der Waals surface area contributed by atoms with Gasteiger partial charge < -0.3 is 4.42 Å². The van der Waals surface area contributed by atoms with E-state index < -0.39 is 0 Å². The van der Waals surface area contributed by atoms with Crippen LogP contribution in [0.2, 0.25) is 10.0 Å². The quantitative estimate of drug-likeness (QED) is 0.209. The number of furan rings is 1. The minimum Gasteiger partial charge on any atom is -0.453 e. The van der Waals surface area contributed by atoms with Crippen LogP contribution in [0.4, 0.5) is 0 Å². The molecule has 0 fully saturated rings. The Labute approximate surface area is 184 Å². The number of thioether (sulfide) groups is 1. The summed E-state index contributed by atoms with van der Waals surface area (Å²) in [4.78, 5) is 0. The molecule has 4 nitrogen and oxygen atoms in total. The highest BCUT2D eigenvalue weighted by molar-refractivity contribution is 9.10. The number of hydrogen-bond acceptors (Lipinski definition) is 4. The van der Waals surface area contributed by atoms with Crippen LogP contribution in [-0.2, 0) is 12.3 Å². The highest BCUT2D eigenvalue weighted by Gasteiger charge is 2.18. The highest BCUT2D eigenvalue weighted by atomic mass is 79.9. The number of aromatic nitrogens is 3. The van der Waals surface area contributed by atoms with Crippen LogP contribution < -0.4 is 0 Å². The molecule has 0 bridgehead atoms. The monoisotopic (exact) mass is 493 g/mol. The minimum atomic E-state index is 0.569. The first-order chi connectivity index (χ1) is 13.5. The van der Waals surface area contributed by atoms with E-state index in [0.717, 1.165) is 26.2 Å². The van der Waals surface area contributed by atoms with E-state index in [2.05, 4.69) is 32.7 Å². The first-order valence-corrected chi connectivity index (χ1v) is 10.9. The molecule has 2 aromatic heterocycles. The lowest BCUT2D eigenvalue weighted by Crippen LogP contribution is -2.00. The van der Waals surface area contributed by atoms with Crippen molar-refractivity contribution >= 4 is 61.9 Å². The molecule has 142 valence electrons. The van der Waals surface area contributed by atoms with Crippen LogP contribution in [-0.4, -0.2) is 14.8 Å². The van der Waals surface area contributed by atoms with Crippen molar-refractivity contribution in [3.05, 3.63) is 75.2 Å². The number of rotatable bonds is 6. The van der Waals surface area contributed by atoms with E-state index in [0.29, 0.717) is 33.9 Å². The lowest BCUT2D eigenvalue weighted by molar-refractivity contribution is 0.613. The van der Waals surface area contributed by atoms with Gasteiger partial charge in [0.1, 0.15) is 5.58 Å². The Hall–Kier alpha value is -1.73. The summed E-state index contributed by atoms with van der Waals surface area (Å²) in [7, 11) is 0. The highest BCUT2D eigenvalue weighted by Crippen LogP contribution is 2.32. The maximum absolute atomic E-state index is 6.28. The van der Waals surface area contributed by atoms with Crippen LogP contribution in [0.25, 0.3) is 22.6 Å². The van der Waals surface area contributed by atoms with E-state index in [1.165, 1.54) is 0 Å². The summed E-state index contributed by atoms with van der Waals surface area (Å²) < 4.78 is 8.96. The molecule has 2 heterocycles. The molecule has 0 saturated carbocycles. The summed E-state index contributed by atoms with van der Waals surface area (Å²) in [6.45, 7) is 4.42. The molecular formula is C20H14BrCl2N3OS. The number of nitrogens with zero attached hydrogens (tertiary/aromatic N) is 3. The van der Waals surface area contributed by atoms with E-state index in [-0.39, 0.29) is 0 Å². The van der Waals surface area contributed by atoms with Crippen molar-refractivity contribution in [2.45, 2.75) is 17.5 Å². The van der Waals surface area contributed by atoms with Crippen molar-refractivity contribution in [2.75, 3.05) is 0 Å². The van der Waals surface area contributed by atoms with Gasteiger partial charge >= 0.3 is 0 Å². The summed E-state index contributed by atoms with van der Waals surface area (Å²) in [5, 5.41) is 11.7. The van der Waals surface area contributed by atoms with Crippen molar-refractivity contribution in [3.8, 4) is 11.6 Å². The second kappa shape index (κ2) is 8.33. The average Bonchev–Trinajstić information content (AvgIpc) is 3.25. The fourth-order valence-corrected chi connectivity index (χ4v) is 4.66. The lowest BCUT2D eigenvalue weighted by atomic mass is 10.2. The van der Waals surface area contributed by atoms with Crippen LogP contribution >= 0.6 is 50.9 Å². The van der Waals surface area contributed by atoms with E-state index in [1.807, 2.05) is 47.0 Å². The van der Waals surface area contributed by atoms with Gasteiger partial charge in [0.2, 0.25) is 5.82 Å². The van der Waals surface area contributed by atoms with Crippen molar-refractivity contribution in [1.29, 1.82) is 0 Å². The summed E-state index contributed by atoms with van der Waals surface area (Å²) in [6, 6.07) is 13.3. The molecule has 4 rings (SSSR count). The second-order valence-electron chi connectivity index (χ2n) is 6.02. The topological polar surface area (TPSA) is 43.9 Å². The van der Waals surface area contributed by atoms with Crippen molar-refractivity contribution in [1.82, 2.24) is 14.8 Å². The first-order valence-electron chi connectivity index (χ1n) is 8.35. The summed E-state index contributed by atoms with van der Waals surface area (Å²) in [5.74, 6) is 1.98. The molecule has 0 amide bonds. The molecular weight excluding hydrogens is 481 g/mol. The van der Waals surface area contributed by atoms with Crippen molar-refractivity contribution < 1.29 is 4.42 Å². The van der Waals surface area contributed by atoms with Crippen molar-refractivity contribution in [3.63, 3.8) is 0 Å². The second-order valence-corrected chi connectivity index (χ2v) is 8.72. The van der Waals surface area contributed by atoms with Crippen molar-refractivity contribution in [2.24, 2.45) is 0 Å². The minimum absolute atomic E-state index is 0.569. The maximum Gasteiger partial charge on any atom is 0.200 e. The molecule has 0 unspecified atom stereocenters. The standard InChI is InChI=1S/C20H14BrCl2N3OS/c1-2-7-26-19(18-9-13-8-14(21)4-6-17(13)27-18)24-25-20(26)28-11-12-3-5-15(22)10-16(12)23/h2-6,8-10H,1,7,11H2. The zero-order valence-electron chi connectivity index (χ0n) is 14.5. The predicted molar refractivity (Wildman–Crippen MR) is 119 cm³/mol. The lowest BCUT2D eigenvalue weighted by Gasteiger charge is -2.07. The zero-order valence-corrected chi connectivity index (χ0v) is 18.4. The van der Waals surface area contributed by atoms with E-state index >= 15 is 0 Å². The van der Waals surface area contributed by atoms with Crippen LogP contribution in [0.1, 0.15) is 5.56 Å². The van der Waals surface area contributed by atoms with E-state index in [9.17, 15) is 0 Å². The third kappa shape index (κ3) is 4.01. The summed E-state index contributed by atoms with van der Waals surface area (Å²) >= 11 is 17.3. The smallest absolute Gasteiger partial charge is 0.200 e. The van der Waals surface area contributed by atoms with Gasteiger partial charge in [-0.2, -0.15) is 0 Å². The van der Waals surface area contributed by atoms with Crippen LogP contribution in [0.5, 0.6) is 0 Å². The molecule has 4 aromatic rings. The van der Waals surface area contributed by atoms with Gasteiger partial charge in [-0.25, -0.2) is 0 Å². The molecule has 0 atom stereocenters. The number of hydrogen-bond donors (Lipinski definition) is 0. The molecule has 0 aliphatic rings. The summed E-state index contributed by atoms with van der Waals surface area (Å²) in [6.07, 6.45) is 1.81. The van der Waals surface area contributed by atoms with Crippen LogP contribution in [0.3, 0.4) is 0 Å². The molecule has 2 aromatic carbocycles. The Balaban J connectivity index is 1.65. The molecule has 0 spiro atoms. The third-order valence-corrected chi connectivity index (χ3v) is 6.19. The fourth-order valence-electron chi connectivity index (χ4n) is 2.78. The first kappa shape index (κ1) is 19.6. The third-order valence-electron chi connectivity index (χ3n) is 4.10. The Kier molecular flexibility index (Phi) is 5.83. The van der Waals surface area contributed by atoms with Gasteiger partial charge in [0.15, 0.2) is 10.9 Å². The number of allylic oxidation sites excluding steroid dienone is 1. The SMILES string of the molecule is C=CCn1c(SCc2ccc(Cl)cc2Cl)nnc1-c1cc2cc(Br)ccc2o1. The zero-order chi connectivity index (χ0) is 19.7. The van der Waals surface area contributed by atoms with Gasteiger partial charge in [-0.3, -0.25) is 4.57 Å². The molecule has 0 N–H and O–H groups in total. The van der Waals surface area contributed by atoms with Gasteiger partial charge in [-0.1, -0.05) is 63.0 Å². The molecule has 28 heavy (non-hydrogen) atoms.